The number of anilines is 1. The number of aromatic nitrogens is 2. The van der Waals surface area contributed by atoms with Gasteiger partial charge < -0.3 is 4.52 Å². The molecule has 26 heavy (non-hydrogen) atoms. The summed E-state index contributed by atoms with van der Waals surface area (Å²) in [6, 6.07) is 19.2. The van der Waals surface area contributed by atoms with Gasteiger partial charge in [-0.1, -0.05) is 59.2 Å². The maximum absolute atomic E-state index is 5.86. The fraction of sp³-hybridized carbons (Fsp3) is 0. The molecule has 0 saturated heterocycles. The molecule has 0 amide bonds. The first kappa shape index (κ1) is 16.5. The summed E-state index contributed by atoms with van der Waals surface area (Å²) >= 11 is 7.30. The van der Waals surface area contributed by atoms with E-state index in [9.17, 15) is 0 Å². The number of hydrogen-bond donors (Lipinski definition) is 1. The summed E-state index contributed by atoms with van der Waals surface area (Å²) in [4.78, 5) is 4.47. The van der Waals surface area contributed by atoms with Crippen LogP contribution in [-0.2, 0) is 0 Å². The van der Waals surface area contributed by atoms with Crippen LogP contribution in [0.1, 0.15) is 5.56 Å². The summed E-state index contributed by atoms with van der Waals surface area (Å²) < 4.78 is 5.42. The molecule has 0 unspecified atom stereocenters. The Kier molecular flexibility index (Phi) is 4.77. The number of hydrogen-bond acceptors (Lipinski definition) is 6. The zero-order valence-electron chi connectivity index (χ0n) is 13.5. The molecule has 5 nitrogen and oxygen atoms in total. The maximum Gasteiger partial charge on any atom is 0.203 e. The van der Waals surface area contributed by atoms with E-state index in [1.54, 1.807) is 6.21 Å². The van der Waals surface area contributed by atoms with Crippen molar-refractivity contribution in [3.05, 3.63) is 76.6 Å². The molecule has 0 aliphatic carbocycles. The fourth-order valence-electron chi connectivity index (χ4n) is 2.29. The predicted molar refractivity (Wildman–Crippen MR) is 106 cm³/mol. The molecular formula is C19H13ClN4OS. The van der Waals surface area contributed by atoms with Gasteiger partial charge in [0.15, 0.2) is 5.76 Å². The molecule has 1 N–H and O–H groups in total. The molecule has 7 heteroatoms. The number of rotatable bonds is 5. The van der Waals surface area contributed by atoms with Gasteiger partial charge in [0.05, 0.1) is 6.21 Å². The molecular weight excluding hydrogens is 368 g/mol. The lowest BCUT2D eigenvalue weighted by atomic mass is 10.1. The van der Waals surface area contributed by atoms with E-state index < -0.39 is 0 Å². The van der Waals surface area contributed by atoms with Gasteiger partial charge in [-0.3, -0.25) is 5.43 Å². The van der Waals surface area contributed by atoms with Crippen molar-refractivity contribution in [3.63, 3.8) is 0 Å². The van der Waals surface area contributed by atoms with Gasteiger partial charge in [-0.05, 0) is 17.7 Å². The van der Waals surface area contributed by atoms with Crippen LogP contribution in [0.2, 0.25) is 5.02 Å². The Morgan fingerprint density at radius 2 is 1.85 bits per heavy atom. The van der Waals surface area contributed by atoms with Gasteiger partial charge in [0.1, 0.15) is 11.4 Å². The van der Waals surface area contributed by atoms with Gasteiger partial charge in [-0.2, -0.15) is 5.10 Å². The smallest absolute Gasteiger partial charge is 0.203 e. The molecule has 128 valence electrons. The second-order valence-electron chi connectivity index (χ2n) is 5.40. The highest BCUT2D eigenvalue weighted by molar-refractivity contribution is 7.14. The molecule has 2 heterocycles. The standard InChI is InChI=1S/C19H13ClN4OS/c20-15-8-6-13(7-9-15)11-21-23-19-22-17(12-26-19)18-10-16(24-25-18)14-4-2-1-3-5-14/h1-12H,(H,22,23)/b21-11+. The average molecular weight is 381 g/mol. The van der Waals surface area contributed by atoms with Crippen molar-refractivity contribution >= 4 is 34.3 Å². The first-order valence-electron chi connectivity index (χ1n) is 7.80. The molecule has 4 rings (SSSR count). The van der Waals surface area contributed by atoms with E-state index in [1.165, 1.54) is 11.3 Å². The third kappa shape index (κ3) is 3.82. The minimum atomic E-state index is 0.620. The molecule has 0 saturated carbocycles. The minimum absolute atomic E-state index is 0.620. The van der Waals surface area contributed by atoms with E-state index in [4.69, 9.17) is 16.1 Å². The van der Waals surface area contributed by atoms with Crippen LogP contribution < -0.4 is 5.43 Å². The second-order valence-corrected chi connectivity index (χ2v) is 6.70. The molecule has 0 aliphatic heterocycles. The maximum atomic E-state index is 5.86. The normalized spacial score (nSPS) is 11.1. The van der Waals surface area contributed by atoms with Gasteiger partial charge in [0.25, 0.3) is 0 Å². The molecule has 0 spiro atoms. The van der Waals surface area contributed by atoms with Crippen LogP contribution in [0, 0.1) is 0 Å². The molecule has 0 radical (unpaired) electrons. The van der Waals surface area contributed by atoms with E-state index >= 15 is 0 Å². The lowest BCUT2D eigenvalue weighted by Gasteiger charge is -1.94. The van der Waals surface area contributed by atoms with Crippen molar-refractivity contribution in [2.24, 2.45) is 5.10 Å². The fourth-order valence-corrected chi connectivity index (χ4v) is 3.06. The van der Waals surface area contributed by atoms with Gasteiger partial charge in [-0.25, -0.2) is 4.98 Å². The number of hydrazone groups is 1. The first-order chi connectivity index (χ1) is 12.8. The van der Waals surface area contributed by atoms with Gasteiger partial charge >= 0.3 is 0 Å². The highest BCUT2D eigenvalue weighted by Gasteiger charge is 2.11. The molecule has 2 aromatic heterocycles. The Balaban J connectivity index is 1.45. The summed E-state index contributed by atoms with van der Waals surface area (Å²) in [6.07, 6.45) is 1.71. The number of thiazole rings is 1. The van der Waals surface area contributed by atoms with E-state index in [2.05, 4.69) is 20.7 Å². The average Bonchev–Trinajstić information content (AvgIpc) is 3.33. The highest BCUT2D eigenvalue weighted by atomic mass is 35.5. The number of halogens is 1. The summed E-state index contributed by atoms with van der Waals surface area (Å²) in [6.45, 7) is 0. The van der Waals surface area contributed by atoms with Crippen LogP contribution in [0.25, 0.3) is 22.7 Å². The van der Waals surface area contributed by atoms with Crippen molar-refractivity contribution < 1.29 is 4.52 Å². The third-order valence-corrected chi connectivity index (χ3v) is 4.58. The summed E-state index contributed by atoms with van der Waals surface area (Å²) in [5.74, 6) is 0.620. The molecule has 0 fully saturated rings. The Morgan fingerprint density at radius 3 is 2.65 bits per heavy atom. The Bertz CT molecular complexity index is 1030. The molecule has 0 atom stereocenters. The molecule has 0 bridgehead atoms. The van der Waals surface area contributed by atoms with Crippen molar-refractivity contribution in [2.75, 3.05) is 5.43 Å². The zero-order chi connectivity index (χ0) is 17.8. The first-order valence-corrected chi connectivity index (χ1v) is 9.06. The van der Waals surface area contributed by atoms with E-state index in [-0.39, 0.29) is 0 Å². The van der Waals surface area contributed by atoms with Gasteiger partial charge in [0, 0.05) is 22.0 Å². The number of nitrogens with one attached hydrogen (secondary N) is 1. The van der Waals surface area contributed by atoms with Crippen LogP contribution in [-0.4, -0.2) is 16.4 Å². The second kappa shape index (κ2) is 7.51. The van der Waals surface area contributed by atoms with Crippen LogP contribution in [0.3, 0.4) is 0 Å². The van der Waals surface area contributed by atoms with Crippen molar-refractivity contribution in [1.82, 2.24) is 10.1 Å². The number of nitrogens with zero attached hydrogens (tertiary/aromatic N) is 3. The minimum Gasteiger partial charge on any atom is -0.354 e. The largest absolute Gasteiger partial charge is 0.354 e. The Labute approximate surface area is 159 Å². The van der Waals surface area contributed by atoms with E-state index in [0.29, 0.717) is 21.6 Å². The van der Waals surface area contributed by atoms with Crippen LogP contribution in [0.4, 0.5) is 5.13 Å². The Hall–Kier alpha value is -2.96. The topological polar surface area (TPSA) is 63.3 Å². The summed E-state index contributed by atoms with van der Waals surface area (Å²) in [5, 5.41) is 11.6. The summed E-state index contributed by atoms with van der Waals surface area (Å²) in [5.41, 5.74) is 6.37. The third-order valence-electron chi connectivity index (χ3n) is 3.58. The monoisotopic (exact) mass is 380 g/mol. The van der Waals surface area contributed by atoms with Crippen molar-refractivity contribution in [2.45, 2.75) is 0 Å². The molecule has 0 aliphatic rings. The molecule has 4 aromatic rings. The van der Waals surface area contributed by atoms with Crippen LogP contribution >= 0.6 is 22.9 Å². The van der Waals surface area contributed by atoms with Gasteiger partial charge in [-0.15, -0.1) is 11.3 Å². The highest BCUT2D eigenvalue weighted by Crippen LogP contribution is 2.28. The predicted octanol–water partition coefficient (Wildman–Crippen LogP) is 5.56. The number of benzene rings is 2. The van der Waals surface area contributed by atoms with E-state index in [1.807, 2.05) is 66.0 Å². The molecule has 2 aromatic carbocycles. The van der Waals surface area contributed by atoms with E-state index in [0.717, 1.165) is 16.8 Å². The SMILES string of the molecule is Clc1ccc(/C=N/Nc2nc(-c3cc(-c4ccccc4)no3)cs2)cc1. The summed E-state index contributed by atoms with van der Waals surface area (Å²) in [7, 11) is 0. The lowest BCUT2D eigenvalue weighted by Crippen LogP contribution is -1.89. The van der Waals surface area contributed by atoms with Crippen LogP contribution in [0.5, 0.6) is 0 Å². The lowest BCUT2D eigenvalue weighted by molar-refractivity contribution is 0.434. The van der Waals surface area contributed by atoms with Crippen molar-refractivity contribution in [3.8, 4) is 22.7 Å². The van der Waals surface area contributed by atoms with Gasteiger partial charge in [0.2, 0.25) is 5.13 Å². The Morgan fingerprint density at radius 1 is 1.04 bits per heavy atom. The van der Waals surface area contributed by atoms with Crippen LogP contribution in [0.15, 0.2) is 75.7 Å². The van der Waals surface area contributed by atoms with Crippen molar-refractivity contribution in [1.29, 1.82) is 0 Å². The zero-order valence-corrected chi connectivity index (χ0v) is 15.0. The quantitative estimate of drug-likeness (QED) is 0.363.